The smallest absolute Gasteiger partial charge is 0.291 e. The van der Waals surface area contributed by atoms with E-state index in [0.717, 1.165) is 11.4 Å². The fourth-order valence-corrected chi connectivity index (χ4v) is 3.63. The highest BCUT2D eigenvalue weighted by Crippen LogP contribution is 2.32. The summed E-state index contributed by atoms with van der Waals surface area (Å²) in [5.41, 5.74) is 3.77. The van der Waals surface area contributed by atoms with Gasteiger partial charge in [-0.3, -0.25) is 9.48 Å². The van der Waals surface area contributed by atoms with Gasteiger partial charge < -0.3 is 14.5 Å². The lowest BCUT2D eigenvalue weighted by Gasteiger charge is -2.26. The van der Waals surface area contributed by atoms with Crippen LogP contribution in [0.4, 0.5) is 5.69 Å². The molecule has 32 heavy (non-hydrogen) atoms. The summed E-state index contributed by atoms with van der Waals surface area (Å²) in [5, 5.41) is 7.03. The first-order valence-corrected chi connectivity index (χ1v) is 10.5. The molecule has 0 aliphatic heterocycles. The lowest BCUT2D eigenvalue weighted by Crippen LogP contribution is -2.18. The summed E-state index contributed by atoms with van der Waals surface area (Å²) >= 11 is 0. The molecule has 0 radical (unpaired) electrons. The van der Waals surface area contributed by atoms with Crippen molar-refractivity contribution in [2.24, 2.45) is 7.05 Å². The molecule has 0 aliphatic carbocycles. The third-order valence-electron chi connectivity index (χ3n) is 5.60. The van der Waals surface area contributed by atoms with E-state index in [1.54, 1.807) is 30.1 Å². The van der Waals surface area contributed by atoms with Crippen molar-refractivity contribution < 1.29 is 13.9 Å². The molecule has 164 valence electrons. The molecule has 0 unspecified atom stereocenters. The van der Waals surface area contributed by atoms with Crippen LogP contribution in [-0.4, -0.2) is 15.7 Å². The third kappa shape index (κ3) is 4.59. The van der Waals surface area contributed by atoms with E-state index in [1.165, 1.54) is 11.1 Å². The fraction of sp³-hybridized carbons (Fsp3) is 0.231. The minimum absolute atomic E-state index is 0.101. The van der Waals surface area contributed by atoms with E-state index in [2.05, 4.69) is 60.7 Å². The molecule has 1 amide bonds. The maximum Gasteiger partial charge on any atom is 0.291 e. The maximum atomic E-state index is 12.4. The van der Waals surface area contributed by atoms with Gasteiger partial charge in [-0.15, -0.1) is 0 Å². The lowest BCUT2D eigenvalue weighted by molar-refractivity contribution is 0.0992. The highest BCUT2D eigenvalue weighted by atomic mass is 16.5. The van der Waals surface area contributed by atoms with Crippen LogP contribution >= 0.6 is 0 Å². The second-order valence-corrected chi connectivity index (χ2v) is 8.33. The monoisotopic (exact) mass is 429 g/mol. The topological polar surface area (TPSA) is 69.3 Å². The van der Waals surface area contributed by atoms with Crippen molar-refractivity contribution in [1.82, 2.24) is 9.78 Å². The largest absolute Gasteiger partial charge is 0.486 e. The van der Waals surface area contributed by atoms with Gasteiger partial charge in [-0.05, 0) is 42.3 Å². The van der Waals surface area contributed by atoms with Crippen LogP contribution in [0.2, 0.25) is 0 Å². The van der Waals surface area contributed by atoms with Gasteiger partial charge in [-0.25, -0.2) is 0 Å². The Labute approximate surface area is 187 Å². The number of nitrogens with one attached hydrogen (secondary N) is 1. The Kier molecular flexibility index (Phi) is 5.86. The lowest BCUT2D eigenvalue weighted by atomic mass is 9.78. The zero-order valence-corrected chi connectivity index (χ0v) is 18.8. The molecule has 4 aromatic rings. The molecule has 0 atom stereocenters. The Morgan fingerprint density at radius 2 is 1.72 bits per heavy atom. The number of ether oxygens (including phenoxy) is 1. The van der Waals surface area contributed by atoms with Crippen molar-refractivity contribution in [1.29, 1.82) is 0 Å². The second kappa shape index (κ2) is 8.75. The summed E-state index contributed by atoms with van der Waals surface area (Å²) in [6.07, 6.45) is 1.75. The van der Waals surface area contributed by atoms with Gasteiger partial charge in [0.1, 0.15) is 18.1 Å². The molecule has 0 spiro atoms. The van der Waals surface area contributed by atoms with Crippen molar-refractivity contribution in [3.8, 4) is 5.75 Å². The summed E-state index contributed by atoms with van der Waals surface area (Å²) in [6.45, 7) is 6.49. The Bertz CT molecular complexity index is 1200. The van der Waals surface area contributed by atoms with Crippen LogP contribution in [0.25, 0.3) is 0 Å². The zero-order valence-electron chi connectivity index (χ0n) is 18.8. The number of hydrogen-bond donors (Lipinski definition) is 1. The molecule has 2 aromatic heterocycles. The van der Waals surface area contributed by atoms with E-state index in [0.29, 0.717) is 11.4 Å². The number of carbonyl (C=O) groups is 1. The van der Waals surface area contributed by atoms with Crippen LogP contribution in [-0.2, 0) is 19.1 Å². The van der Waals surface area contributed by atoms with E-state index < -0.39 is 0 Å². The van der Waals surface area contributed by atoms with Gasteiger partial charge in [-0.2, -0.15) is 5.10 Å². The number of carbonyl (C=O) groups excluding carboxylic acids is 1. The first-order valence-electron chi connectivity index (χ1n) is 10.5. The molecular weight excluding hydrogens is 402 g/mol. The van der Waals surface area contributed by atoms with Gasteiger partial charge in [0.05, 0.1) is 11.4 Å². The highest BCUT2D eigenvalue weighted by molar-refractivity contribution is 6.02. The van der Waals surface area contributed by atoms with Crippen molar-refractivity contribution in [3.05, 3.63) is 101 Å². The molecule has 1 N–H and O–H groups in total. The van der Waals surface area contributed by atoms with Crippen LogP contribution in [0.5, 0.6) is 5.75 Å². The molecule has 6 nitrogen and oxygen atoms in total. The molecular formula is C26H27N3O3. The molecule has 0 bridgehead atoms. The van der Waals surface area contributed by atoms with Gasteiger partial charge >= 0.3 is 0 Å². The summed E-state index contributed by atoms with van der Waals surface area (Å²) < 4.78 is 13.2. The van der Waals surface area contributed by atoms with Gasteiger partial charge in [0, 0.05) is 18.7 Å². The van der Waals surface area contributed by atoms with Crippen LogP contribution in [0, 0.1) is 6.92 Å². The Morgan fingerprint density at radius 1 is 1.03 bits per heavy atom. The number of rotatable bonds is 7. The predicted octanol–water partition coefficient (Wildman–Crippen LogP) is 5.48. The summed E-state index contributed by atoms with van der Waals surface area (Å²) in [7, 11) is 1.81. The molecule has 0 saturated heterocycles. The molecule has 2 aromatic carbocycles. The van der Waals surface area contributed by atoms with Crippen molar-refractivity contribution in [2.75, 3.05) is 5.32 Å². The SMILES string of the molecule is Cc1nn(C)cc1NC(=O)c1ccc(COc2ccc(C(C)(C)c3ccccc3)cc2)o1. The third-order valence-corrected chi connectivity index (χ3v) is 5.60. The zero-order chi connectivity index (χ0) is 22.7. The molecule has 0 saturated carbocycles. The summed E-state index contributed by atoms with van der Waals surface area (Å²) in [5.74, 6) is 1.23. The molecule has 2 heterocycles. The number of nitrogens with zero attached hydrogens (tertiary/aromatic N) is 2. The minimum atomic E-state index is -0.320. The standard InChI is InChI=1S/C26H27N3O3/c1-18-23(16-29(4)28-18)27-25(30)24-15-14-22(32-24)17-31-21-12-10-20(11-13-21)26(2,3)19-8-6-5-7-9-19/h5-16H,17H2,1-4H3,(H,27,30). The number of aromatic nitrogens is 2. The van der Waals surface area contributed by atoms with E-state index in [4.69, 9.17) is 9.15 Å². The van der Waals surface area contributed by atoms with Gasteiger partial charge in [-0.1, -0.05) is 56.3 Å². The number of hydrogen-bond acceptors (Lipinski definition) is 4. The predicted molar refractivity (Wildman–Crippen MR) is 124 cm³/mol. The Morgan fingerprint density at radius 3 is 2.38 bits per heavy atom. The first kappa shape index (κ1) is 21.4. The maximum absolute atomic E-state index is 12.4. The van der Waals surface area contributed by atoms with E-state index in [1.807, 2.05) is 25.1 Å². The number of aryl methyl sites for hydroxylation is 2. The molecule has 6 heteroatoms. The second-order valence-electron chi connectivity index (χ2n) is 8.33. The average Bonchev–Trinajstić information content (AvgIpc) is 3.39. The minimum Gasteiger partial charge on any atom is -0.486 e. The van der Waals surface area contributed by atoms with Crippen molar-refractivity contribution in [3.63, 3.8) is 0 Å². The van der Waals surface area contributed by atoms with Crippen molar-refractivity contribution >= 4 is 11.6 Å². The first-order chi connectivity index (χ1) is 15.3. The number of benzene rings is 2. The van der Waals surface area contributed by atoms with Gasteiger partial charge in [0.2, 0.25) is 0 Å². The highest BCUT2D eigenvalue weighted by Gasteiger charge is 2.22. The molecule has 4 rings (SSSR count). The fourth-order valence-electron chi connectivity index (χ4n) is 3.63. The van der Waals surface area contributed by atoms with Crippen LogP contribution < -0.4 is 10.1 Å². The molecule has 0 fully saturated rings. The number of amides is 1. The van der Waals surface area contributed by atoms with Crippen molar-refractivity contribution in [2.45, 2.75) is 32.8 Å². The summed E-state index contributed by atoms with van der Waals surface area (Å²) in [4.78, 5) is 12.4. The van der Waals surface area contributed by atoms with Crippen LogP contribution in [0.3, 0.4) is 0 Å². The van der Waals surface area contributed by atoms with Gasteiger partial charge in [0.15, 0.2) is 5.76 Å². The van der Waals surface area contributed by atoms with E-state index >= 15 is 0 Å². The van der Waals surface area contributed by atoms with Gasteiger partial charge in [0.25, 0.3) is 5.91 Å². The quantitative estimate of drug-likeness (QED) is 0.422. The van der Waals surface area contributed by atoms with Crippen LogP contribution in [0.1, 0.15) is 47.0 Å². The van der Waals surface area contributed by atoms with E-state index in [-0.39, 0.29) is 23.7 Å². The van der Waals surface area contributed by atoms with E-state index in [9.17, 15) is 4.79 Å². The Hall–Kier alpha value is -3.80. The number of furan rings is 1. The Balaban J connectivity index is 1.37. The molecule has 0 aliphatic rings. The normalized spacial score (nSPS) is 11.4. The van der Waals surface area contributed by atoms with Crippen LogP contribution in [0.15, 0.2) is 77.3 Å². The number of anilines is 1. The summed E-state index contributed by atoms with van der Waals surface area (Å²) in [6, 6.07) is 21.9. The average molecular weight is 430 g/mol.